The number of benzene rings is 1. The van der Waals surface area contributed by atoms with Crippen molar-refractivity contribution in [1.82, 2.24) is 10.2 Å². The maximum atomic E-state index is 13.1. The van der Waals surface area contributed by atoms with Gasteiger partial charge in [0.2, 0.25) is 11.8 Å². The number of likely N-dealkylation sites (tertiary alicyclic amines) is 1. The molecule has 0 aromatic heterocycles. The molecule has 2 N–H and O–H groups in total. The molecular weight excluding hydrogens is 344 g/mol. The van der Waals surface area contributed by atoms with Crippen molar-refractivity contribution >= 4 is 11.8 Å². The first kappa shape index (κ1) is 21.4. The molecule has 0 radical (unpaired) electrons. The van der Waals surface area contributed by atoms with Gasteiger partial charge in [-0.2, -0.15) is 0 Å². The smallest absolute Gasteiger partial charge is 0.247 e. The molecule has 2 amide bonds. The van der Waals surface area contributed by atoms with Gasteiger partial charge in [0.15, 0.2) is 0 Å². The number of nitrogens with one attached hydrogen (secondary N) is 1. The maximum absolute atomic E-state index is 13.1. The zero-order valence-corrected chi connectivity index (χ0v) is 16.6. The van der Waals surface area contributed by atoms with Crippen molar-refractivity contribution in [3.05, 3.63) is 35.9 Å². The standard InChI is InChI=1S/C21H32N2O4/c1-15(2)20(25)22-19(16(3)27-14-17-8-5-4-6-9-17)21(26)23-11-7-10-18(12-23)13-24/h4-6,8-9,15-16,18-19,24H,7,10-14H2,1-3H3,(H,22,25). The predicted molar refractivity (Wildman–Crippen MR) is 104 cm³/mol. The second-order valence-corrected chi connectivity index (χ2v) is 7.62. The molecule has 1 fully saturated rings. The van der Waals surface area contributed by atoms with Gasteiger partial charge in [0.25, 0.3) is 0 Å². The van der Waals surface area contributed by atoms with Gasteiger partial charge in [0, 0.05) is 25.6 Å². The average molecular weight is 376 g/mol. The van der Waals surface area contributed by atoms with E-state index in [0.29, 0.717) is 19.7 Å². The van der Waals surface area contributed by atoms with E-state index in [-0.39, 0.29) is 30.3 Å². The number of carbonyl (C=O) groups excluding carboxylic acids is 2. The molecule has 1 aliphatic heterocycles. The molecule has 2 rings (SSSR count). The summed E-state index contributed by atoms with van der Waals surface area (Å²) in [5.74, 6) is -0.417. The zero-order chi connectivity index (χ0) is 19.8. The fraction of sp³-hybridized carbons (Fsp3) is 0.619. The Morgan fingerprint density at radius 2 is 1.96 bits per heavy atom. The molecule has 150 valence electrons. The highest BCUT2D eigenvalue weighted by atomic mass is 16.5. The fourth-order valence-electron chi connectivity index (χ4n) is 3.21. The van der Waals surface area contributed by atoms with Crippen LogP contribution in [0, 0.1) is 11.8 Å². The molecule has 6 nitrogen and oxygen atoms in total. The van der Waals surface area contributed by atoms with Gasteiger partial charge in [0.05, 0.1) is 12.7 Å². The maximum Gasteiger partial charge on any atom is 0.247 e. The van der Waals surface area contributed by atoms with E-state index in [1.807, 2.05) is 37.3 Å². The number of amides is 2. The van der Waals surface area contributed by atoms with E-state index in [1.54, 1.807) is 18.7 Å². The zero-order valence-electron chi connectivity index (χ0n) is 16.6. The number of aliphatic hydroxyl groups is 1. The largest absolute Gasteiger partial charge is 0.396 e. The molecule has 3 unspecified atom stereocenters. The van der Waals surface area contributed by atoms with Crippen LogP contribution in [0.2, 0.25) is 0 Å². The van der Waals surface area contributed by atoms with Gasteiger partial charge in [-0.25, -0.2) is 0 Å². The molecule has 3 atom stereocenters. The summed E-state index contributed by atoms with van der Waals surface area (Å²) in [5, 5.41) is 12.3. The molecule has 0 spiro atoms. The monoisotopic (exact) mass is 376 g/mol. The van der Waals surface area contributed by atoms with Crippen LogP contribution < -0.4 is 5.32 Å². The van der Waals surface area contributed by atoms with Crippen LogP contribution in [-0.2, 0) is 20.9 Å². The summed E-state index contributed by atoms with van der Waals surface area (Å²) in [7, 11) is 0. The van der Waals surface area contributed by atoms with Crippen LogP contribution in [0.5, 0.6) is 0 Å². The van der Waals surface area contributed by atoms with E-state index >= 15 is 0 Å². The van der Waals surface area contributed by atoms with E-state index in [4.69, 9.17) is 4.74 Å². The Balaban J connectivity index is 2.06. The van der Waals surface area contributed by atoms with Crippen LogP contribution in [-0.4, -0.2) is 53.7 Å². The lowest BCUT2D eigenvalue weighted by atomic mass is 9.97. The lowest BCUT2D eigenvalue weighted by Crippen LogP contribution is -2.56. The van der Waals surface area contributed by atoms with Gasteiger partial charge in [-0.05, 0) is 31.2 Å². The number of rotatable bonds is 8. The lowest BCUT2D eigenvalue weighted by molar-refractivity contribution is -0.143. The van der Waals surface area contributed by atoms with Crippen LogP contribution >= 0.6 is 0 Å². The first-order valence-electron chi connectivity index (χ1n) is 9.78. The summed E-state index contributed by atoms with van der Waals surface area (Å²) in [6, 6.07) is 9.01. The average Bonchev–Trinajstić information content (AvgIpc) is 2.70. The summed E-state index contributed by atoms with van der Waals surface area (Å²) in [6.07, 6.45) is 1.32. The molecular formula is C21H32N2O4. The summed E-state index contributed by atoms with van der Waals surface area (Å²) in [4.78, 5) is 27.1. The Morgan fingerprint density at radius 1 is 1.26 bits per heavy atom. The number of piperidine rings is 1. The molecule has 0 aliphatic carbocycles. The minimum absolute atomic E-state index is 0.0763. The van der Waals surface area contributed by atoms with E-state index < -0.39 is 12.1 Å². The molecule has 1 saturated heterocycles. The first-order chi connectivity index (χ1) is 12.9. The lowest BCUT2D eigenvalue weighted by Gasteiger charge is -2.36. The summed E-state index contributed by atoms with van der Waals surface area (Å²) in [5.41, 5.74) is 1.02. The van der Waals surface area contributed by atoms with Crippen LogP contribution in [0.1, 0.15) is 39.2 Å². The van der Waals surface area contributed by atoms with E-state index in [1.165, 1.54) is 0 Å². The number of ether oxygens (including phenoxy) is 1. The van der Waals surface area contributed by atoms with Gasteiger partial charge in [-0.15, -0.1) is 0 Å². The van der Waals surface area contributed by atoms with Crippen molar-refractivity contribution in [1.29, 1.82) is 0 Å². The molecule has 1 aromatic rings. The summed E-state index contributed by atoms with van der Waals surface area (Å²) in [6.45, 7) is 7.04. The Kier molecular flexibility index (Phi) is 8.25. The third-order valence-corrected chi connectivity index (χ3v) is 5.00. The minimum atomic E-state index is -0.735. The summed E-state index contributed by atoms with van der Waals surface area (Å²) < 4.78 is 5.92. The second-order valence-electron chi connectivity index (χ2n) is 7.62. The topological polar surface area (TPSA) is 78.9 Å². The number of hydrogen-bond donors (Lipinski definition) is 2. The van der Waals surface area contributed by atoms with Crippen LogP contribution in [0.4, 0.5) is 0 Å². The molecule has 0 saturated carbocycles. The van der Waals surface area contributed by atoms with E-state index in [9.17, 15) is 14.7 Å². The van der Waals surface area contributed by atoms with Gasteiger partial charge < -0.3 is 20.1 Å². The summed E-state index contributed by atoms with van der Waals surface area (Å²) >= 11 is 0. The number of aliphatic hydroxyl groups excluding tert-OH is 1. The predicted octanol–water partition coefficient (Wildman–Crippen LogP) is 1.96. The highest BCUT2D eigenvalue weighted by Crippen LogP contribution is 2.18. The first-order valence-corrected chi connectivity index (χ1v) is 9.78. The van der Waals surface area contributed by atoms with E-state index in [2.05, 4.69) is 5.32 Å². The SMILES string of the molecule is CC(C)C(=O)NC(C(=O)N1CCCC(CO)C1)C(C)OCc1ccccc1. The van der Waals surface area contributed by atoms with E-state index in [0.717, 1.165) is 18.4 Å². The molecule has 6 heteroatoms. The van der Waals surface area contributed by atoms with Crippen molar-refractivity contribution in [2.24, 2.45) is 11.8 Å². The highest BCUT2D eigenvalue weighted by Gasteiger charge is 2.34. The van der Waals surface area contributed by atoms with Gasteiger partial charge in [-0.3, -0.25) is 9.59 Å². The second kappa shape index (κ2) is 10.4. The molecule has 1 heterocycles. The van der Waals surface area contributed by atoms with Crippen molar-refractivity contribution in [2.75, 3.05) is 19.7 Å². The number of carbonyl (C=O) groups is 2. The minimum Gasteiger partial charge on any atom is -0.396 e. The molecule has 27 heavy (non-hydrogen) atoms. The highest BCUT2D eigenvalue weighted by molar-refractivity contribution is 5.88. The third-order valence-electron chi connectivity index (χ3n) is 5.00. The van der Waals surface area contributed by atoms with Crippen molar-refractivity contribution in [3.63, 3.8) is 0 Å². The Labute approximate surface area is 161 Å². The van der Waals surface area contributed by atoms with Crippen LogP contribution in [0.25, 0.3) is 0 Å². The van der Waals surface area contributed by atoms with Crippen LogP contribution in [0.15, 0.2) is 30.3 Å². The van der Waals surface area contributed by atoms with Crippen molar-refractivity contribution < 1.29 is 19.4 Å². The number of nitrogens with zero attached hydrogens (tertiary/aromatic N) is 1. The molecule has 0 bridgehead atoms. The number of hydrogen-bond acceptors (Lipinski definition) is 4. The Hall–Kier alpha value is -1.92. The van der Waals surface area contributed by atoms with Crippen molar-refractivity contribution in [3.8, 4) is 0 Å². The Morgan fingerprint density at radius 3 is 2.59 bits per heavy atom. The van der Waals surface area contributed by atoms with Gasteiger partial charge in [-0.1, -0.05) is 44.2 Å². The van der Waals surface area contributed by atoms with Gasteiger partial charge >= 0.3 is 0 Å². The third kappa shape index (κ3) is 6.33. The Bertz CT molecular complexity index is 605. The fourth-order valence-corrected chi connectivity index (χ4v) is 3.21. The van der Waals surface area contributed by atoms with Gasteiger partial charge in [0.1, 0.15) is 6.04 Å². The van der Waals surface area contributed by atoms with Crippen LogP contribution in [0.3, 0.4) is 0 Å². The normalized spacial score (nSPS) is 19.6. The molecule has 1 aliphatic rings. The van der Waals surface area contributed by atoms with Crippen molar-refractivity contribution in [2.45, 2.75) is 52.4 Å². The quantitative estimate of drug-likeness (QED) is 0.727. The molecule has 1 aromatic carbocycles.